The van der Waals surface area contributed by atoms with Crippen molar-refractivity contribution >= 4 is 21.4 Å². The quantitative estimate of drug-likeness (QED) is 0.862. The number of hydrogen-bond acceptors (Lipinski definition) is 6. The number of hydrogen-bond donors (Lipinski definition) is 0. The minimum atomic E-state index is -3.45. The summed E-state index contributed by atoms with van der Waals surface area (Å²) in [6, 6.07) is 3.40. The van der Waals surface area contributed by atoms with Crippen molar-refractivity contribution in [2.75, 3.05) is 26.3 Å². The molecule has 0 bridgehead atoms. The van der Waals surface area contributed by atoms with Crippen LogP contribution in [0.25, 0.3) is 10.6 Å². The zero-order valence-electron chi connectivity index (χ0n) is 11.8. The first kappa shape index (κ1) is 14.7. The molecule has 1 fully saturated rings. The summed E-state index contributed by atoms with van der Waals surface area (Å²) in [6.07, 6.45) is 0. The molecule has 6 nitrogen and oxygen atoms in total. The van der Waals surface area contributed by atoms with Crippen LogP contribution in [-0.2, 0) is 14.8 Å². The Balaban J connectivity index is 1.92. The van der Waals surface area contributed by atoms with Gasteiger partial charge in [-0.15, -0.1) is 11.3 Å². The van der Waals surface area contributed by atoms with Crippen molar-refractivity contribution < 1.29 is 17.7 Å². The molecular formula is C13H16N2O4S2. The Hall–Kier alpha value is -1.22. The van der Waals surface area contributed by atoms with Gasteiger partial charge in [0.15, 0.2) is 5.76 Å². The van der Waals surface area contributed by atoms with E-state index in [9.17, 15) is 8.42 Å². The summed E-state index contributed by atoms with van der Waals surface area (Å²) in [7, 11) is -3.45. The summed E-state index contributed by atoms with van der Waals surface area (Å²) in [5.41, 5.74) is 1.75. The summed E-state index contributed by atoms with van der Waals surface area (Å²) < 4.78 is 37.4. The summed E-state index contributed by atoms with van der Waals surface area (Å²) in [4.78, 5) is 0.778. The number of aromatic nitrogens is 1. The highest BCUT2D eigenvalue weighted by molar-refractivity contribution is 7.91. The number of aryl methyl sites for hydroxylation is 1. The molecule has 1 aliphatic rings. The molecule has 1 aliphatic heterocycles. The minimum absolute atomic E-state index is 0.327. The van der Waals surface area contributed by atoms with E-state index in [0.29, 0.717) is 36.3 Å². The molecule has 0 saturated carbocycles. The number of thiophene rings is 1. The molecular weight excluding hydrogens is 312 g/mol. The molecule has 114 valence electrons. The van der Waals surface area contributed by atoms with E-state index in [4.69, 9.17) is 9.26 Å². The molecule has 2 aromatic heterocycles. The summed E-state index contributed by atoms with van der Waals surface area (Å²) in [6.45, 7) is 5.46. The summed E-state index contributed by atoms with van der Waals surface area (Å²) in [5, 5.41) is 3.91. The second kappa shape index (κ2) is 5.53. The maximum absolute atomic E-state index is 12.6. The molecule has 0 N–H and O–H groups in total. The van der Waals surface area contributed by atoms with Gasteiger partial charge in [0.2, 0.25) is 0 Å². The van der Waals surface area contributed by atoms with E-state index in [1.807, 2.05) is 13.8 Å². The molecule has 0 atom stereocenters. The number of morpholine rings is 1. The van der Waals surface area contributed by atoms with Crippen LogP contribution in [0.2, 0.25) is 0 Å². The smallest absolute Gasteiger partial charge is 0.252 e. The van der Waals surface area contributed by atoms with Crippen LogP contribution >= 0.6 is 11.3 Å². The minimum Gasteiger partial charge on any atom is -0.379 e. The van der Waals surface area contributed by atoms with Crippen molar-refractivity contribution in [2.45, 2.75) is 18.1 Å². The molecule has 8 heteroatoms. The van der Waals surface area contributed by atoms with Gasteiger partial charge in [0.1, 0.15) is 4.21 Å². The molecule has 0 amide bonds. The highest BCUT2D eigenvalue weighted by Gasteiger charge is 2.28. The summed E-state index contributed by atoms with van der Waals surface area (Å²) >= 11 is 1.21. The SMILES string of the molecule is Cc1noc(-c2ccc(S(=O)(=O)N3CCOCC3)s2)c1C. The van der Waals surface area contributed by atoms with E-state index < -0.39 is 10.0 Å². The van der Waals surface area contributed by atoms with Gasteiger partial charge in [-0.3, -0.25) is 0 Å². The first-order valence-corrected chi connectivity index (χ1v) is 8.87. The molecule has 0 aromatic carbocycles. The fourth-order valence-corrected chi connectivity index (χ4v) is 5.04. The zero-order valence-corrected chi connectivity index (χ0v) is 13.5. The van der Waals surface area contributed by atoms with E-state index in [0.717, 1.165) is 16.1 Å². The van der Waals surface area contributed by atoms with Gasteiger partial charge in [-0.25, -0.2) is 8.42 Å². The average Bonchev–Trinajstić information content (AvgIpc) is 3.09. The second-order valence-corrected chi connectivity index (χ2v) is 8.11. The molecule has 0 aliphatic carbocycles. The average molecular weight is 328 g/mol. The lowest BCUT2D eigenvalue weighted by Crippen LogP contribution is -2.40. The first-order chi connectivity index (χ1) is 10.00. The molecule has 1 saturated heterocycles. The van der Waals surface area contributed by atoms with Crippen molar-refractivity contribution in [3.05, 3.63) is 23.4 Å². The predicted octanol–water partition coefficient (Wildman–Crippen LogP) is 2.04. The fourth-order valence-electron chi connectivity index (χ4n) is 2.14. The number of ether oxygens (including phenoxy) is 1. The van der Waals surface area contributed by atoms with Gasteiger partial charge in [-0.05, 0) is 26.0 Å². The lowest BCUT2D eigenvalue weighted by Gasteiger charge is -2.25. The van der Waals surface area contributed by atoms with Crippen molar-refractivity contribution in [3.63, 3.8) is 0 Å². The zero-order chi connectivity index (χ0) is 15.0. The van der Waals surface area contributed by atoms with E-state index >= 15 is 0 Å². The standard InChI is InChI=1S/C13H16N2O4S2/c1-9-10(2)14-19-13(9)11-3-4-12(20-11)21(16,17)15-5-7-18-8-6-15/h3-4H,5-8H2,1-2H3. The van der Waals surface area contributed by atoms with Crippen molar-refractivity contribution in [1.82, 2.24) is 9.46 Å². The van der Waals surface area contributed by atoms with Crippen LogP contribution in [0.4, 0.5) is 0 Å². The van der Waals surface area contributed by atoms with Gasteiger partial charge in [-0.1, -0.05) is 5.16 Å². The second-order valence-electron chi connectivity index (χ2n) is 4.86. The Morgan fingerprint density at radius 3 is 2.57 bits per heavy atom. The largest absolute Gasteiger partial charge is 0.379 e. The van der Waals surface area contributed by atoms with Crippen LogP contribution in [0.3, 0.4) is 0 Å². The molecule has 0 spiro atoms. The van der Waals surface area contributed by atoms with E-state index in [-0.39, 0.29) is 0 Å². The van der Waals surface area contributed by atoms with Gasteiger partial charge in [0.25, 0.3) is 10.0 Å². The van der Waals surface area contributed by atoms with Crippen molar-refractivity contribution in [3.8, 4) is 10.6 Å². The number of sulfonamides is 1. The lowest BCUT2D eigenvalue weighted by atomic mass is 10.2. The Kier molecular flexibility index (Phi) is 3.87. The van der Waals surface area contributed by atoms with E-state index in [1.165, 1.54) is 15.6 Å². The Morgan fingerprint density at radius 1 is 1.24 bits per heavy atom. The van der Waals surface area contributed by atoms with Crippen LogP contribution in [0, 0.1) is 13.8 Å². The lowest BCUT2D eigenvalue weighted by molar-refractivity contribution is 0.0731. The molecule has 2 aromatic rings. The predicted molar refractivity (Wildman–Crippen MR) is 78.9 cm³/mol. The third kappa shape index (κ3) is 2.64. The normalized spacial score (nSPS) is 17.2. The van der Waals surface area contributed by atoms with Gasteiger partial charge in [0, 0.05) is 18.7 Å². The summed E-state index contributed by atoms with van der Waals surface area (Å²) in [5.74, 6) is 0.640. The number of nitrogens with zero attached hydrogens (tertiary/aromatic N) is 2. The Labute approximate surface area is 127 Å². The molecule has 0 radical (unpaired) electrons. The third-order valence-corrected chi connectivity index (χ3v) is 6.98. The highest BCUT2D eigenvalue weighted by atomic mass is 32.2. The topological polar surface area (TPSA) is 72.6 Å². The maximum atomic E-state index is 12.6. The van der Waals surface area contributed by atoms with Crippen LogP contribution in [0.1, 0.15) is 11.3 Å². The first-order valence-electron chi connectivity index (χ1n) is 6.61. The van der Waals surface area contributed by atoms with Crippen molar-refractivity contribution in [2.24, 2.45) is 0 Å². The Morgan fingerprint density at radius 2 is 1.95 bits per heavy atom. The molecule has 0 unspecified atom stereocenters. The molecule has 3 heterocycles. The van der Waals surface area contributed by atoms with Crippen LogP contribution < -0.4 is 0 Å². The fraction of sp³-hybridized carbons (Fsp3) is 0.462. The molecule has 3 rings (SSSR count). The van der Waals surface area contributed by atoms with Gasteiger partial charge in [-0.2, -0.15) is 4.31 Å². The van der Waals surface area contributed by atoms with Crippen LogP contribution in [-0.4, -0.2) is 44.2 Å². The van der Waals surface area contributed by atoms with E-state index in [2.05, 4.69) is 5.16 Å². The van der Waals surface area contributed by atoms with Gasteiger partial charge < -0.3 is 9.26 Å². The molecule has 21 heavy (non-hydrogen) atoms. The van der Waals surface area contributed by atoms with E-state index in [1.54, 1.807) is 12.1 Å². The van der Waals surface area contributed by atoms with Gasteiger partial charge >= 0.3 is 0 Å². The van der Waals surface area contributed by atoms with Crippen LogP contribution in [0.5, 0.6) is 0 Å². The maximum Gasteiger partial charge on any atom is 0.252 e. The van der Waals surface area contributed by atoms with Gasteiger partial charge in [0.05, 0.1) is 23.8 Å². The monoisotopic (exact) mass is 328 g/mol. The third-order valence-electron chi connectivity index (χ3n) is 3.53. The number of rotatable bonds is 3. The highest BCUT2D eigenvalue weighted by Crippen LogP contribution is 2.34. The van der Waals surface area contributed by atoms with Crippen LogP contribution in [0.15, 0.2) is 20.9 Å². The Bertz CT molecular complexity index is 742. The van der Waals surface area contributed by atoms with Crippen molar-refractivity contribution in [1.29, 1.82) is 0 Å².